The minimum atomic E-state index is -0.514. The highest BCUT2D eigenvalue weighted by Gasteiger charge is 2.08. The number of benzene rings is 1. The van der Waals surface area contributed by atoms with Crippen molar-refractivity contribution in [2.75, 3.05) is 18.5 Å². The number of aromatic nitrogens is 2. The normalized spacial score (nSPS) is 10.5. The van der Waals surface area contributed by atoms with Gasteiger partial charge in [0.15, 0.2) is 0 Å². The van der Waals surface area contributed by atoms with Crippen LogP contribution in [0.4, 0.5) is 11.5 Å². The zero-order chi connectivity index (χ0) is 16.9. The molecular formula is C16H14N4O4. The van der Waals surface area contributed by atoms with E-state index in [0.717, 1.165) is 10.9 Å². The van der Waals surface area contributed by atoms with Crippen molar-refractivity contribution in [3.63, 3.8) is 0 Å². The number of nitrogens with one attached hydrogen (secondary N) is 2. The second kappa shape index (κ2) is 6.78. The van der Waals surface area contributed by atoms with E-state index in [0.29, 0.717) is 17.9 Å². The number of hydrogen-bond donors (Lipinski definition) is 2. The SMILES string of the molecule is O=C(OCCNc1ccc([N+](=O)[O-])cn1)c1ccc2cc[nH]c2c1. The molecule has 0 spiro atoms. The first-order valence-electron chi connectivity index (χ1n) is 7.22. The summed E-state index contributed by atoms with van der Waals surface area (Å²) in [6, 6.07) is 10.1. The number of esters is 1. The van der Waals surface area contributed by atoms with Crippen molar-refractivity contribution in [1.82, 2.24) is 9.97 Å². The van der Waals surface area contributed by atoms with Crippen molar-refractivity contribution >= 4 is 28.4 Å². The first-order valence-corrected chi connectivity index (χ1v) is 7.22. The van der Waals surface area contributed by atoms with Crippen molar-refractivity contribution in [1.29, 1.82) is 0 Å². The maximum absolute atomic E-state index is 12.0. The summed E-state index contributed by atoms with van der Waals surface area (Å²) in [6.45, 7) is 0.502. The molecule has 0 bridgehead atoms. The molecule has 0 saturated carbocycles. The summed E-state index contributed by atoms with van der Waals surface area (Å²) in [7, 11) is 0. The fourth-order valence-electron chi connectivity index (χ4n) is 2.18. The Morgan fingerprint density at radius 2 is 2.17 bits per heavy atom. The molecule has 8 heteroatoms. The van der Waals surface area contributed by atoms with Gasteiger partial charge >= 0.3 is 5.97 Å². The second-order valence-corrected chi connectivity index (χ2v) is 5.00. The van der Waals surface area contributed by atoms with Crippen molar-refractivity contribution in [2.24, 2.45) is 0 Å². The molecule has 2 N–H and O–H groups in total. The molecule has 3 aromatic rings. The highest BCUT2D eigenvalue weighted by molar-refractivity contribution is 5.94. The number of fused-ring (bicyclic) bond motifs is 1. The van der Waals surface area contributed by atoms with Gasteiger partial charge in [-0.1, -0.05) is 6.07 Å². The zero-order valence-electron chi connectivity index (χ0n) is 12.6. The predicted octanol–water partition coefficient (Wildman–Crippen LogP) is 2.74. The van der Waals surface area contributed by atoms with Gasteiger partial charge < -0.3 is 15.0 Å². The summed E-state index contributed by atoms with van der Waals surface area (Å²) in [5.41, 5.74) is 1.27. The Morgan fingerprint density at radius 3 is 2.92 bits per heavy atom. The summed E-state index contributed by atoms with van der Waals surface area (Å²) in [5, 5.41) is 14.5. The number of rotatable bonds is 6. The van der Waals surface area contributed by atoms with Crippen molar-refractivity contribution < 1.29 is 14.5 Å². The number of pyridine rings is 1. The van der Waals surface area contributed by atoms with Crippen LogP contribution in [-0.2, 0) is 4.74 Å². The summed E-state index contributed by atoms with van der Waals surface area (Å²) in [6.07, 6.45) is 2.97. The molecule has 0 amide bonds. The Balaban J connectivity index is 1.48. The van der Waals surface area contributed by atoms with E-state index in [1.54, 1.807) is 18.3 Å². The Kier molecular flexibility index (Phi) is 4.37. The Labute approximate surface area is 136 Å². The minimum absolute atomic E-state index is 0.0771. The Hall–Kier alpha value is -3.42. The van der Waals surface area contributed by atoms with Crippen LogP contribution in [0.3, 0.4) is 0 Å². The summed E-state index contributed by atoms with van der Waals surface area (Å²) in [4.78, 5) is 28.9. The molecule has 24 heavy (non-hydrogen) atoms. The van der Waals surface area contributed by atoms with Crippen LogP contribution in [0.25, 0.3) is 10.9 Å². The van der Waals surface area contributed by atoms with Crippen LogP contribution in [-0.4, -0.2) is 34.0 Å². The second-order valence-electron chi connectivity index (χ2n) is 5.00. The number of aromatic amines is 1. The van der Waals surface area contributed by atoms with E-state index in [2.05, 4.69) is 15.3 Å². The molecule has 0 atom stereocenters. The van der Waals surface area contributed by atoms with E-state index < -0.39 is 10.9 Å². The van der Waals surface area contributed by atoms with Crippen LogP contribution in [0, 0.1) is 10.1 Å². The van der Waals surface area contributed by atoms with E-state index in [4.69, 9.17) is 4.74 Å². The van der Waals surface area contributed by atoms with E-state index in [1.165, 1.54) is 18.3 Å². The Morgan fingerprint density at radius 1 is 1.29 bits per heavy atom. The van der Waals surface area contributed by atoms with Crippen LogP contribution < -0.4 is 5.32 Å². The molecule has 122 valence electrons. The number of carbonyl (C=O) groups is 1. The molecule has 0 unspecified atom stereocenters. The highest BCUT2D eigenvalue weighted by Crippen LogP contribution is 2.15. The van der Waals surface area contributed by atoms with Crippen LogP contribution in [0.2, 0.25) is 0 Å². The molecule has 0 aliphatic heterocycles. The fraction of sp³-hybridized carbons (Fsp3) is 0.125. The quantitative estimate of drug-likeness (QED) is 0.312. The van der Waals surface area contributed by atoms with Gasteiger partial charge in [-0.15, -0.1) is 0 Å². The van der Waals surface area contributed by atoms with Gasteiger partial charge in [0, 0.05) is 17.8 Å². The maximum Gasteiger partial charge on any atom is 0.338 e. The Bertz CT molecular complexity index is 873. The maximum atomic E-state index is 12.0. The van der Waals surface area contributed by atoms with Gasteiger partial charge in [-0.3, -0.25) is 10.1 Å². The number of H-pyrrole nitrogens is 1. The smallest absolute Gasteiger partial charge is 0.338 e. The van der Waals surface area contributed by atoms with Crippen molar-refractivity contribution in [3.8, 4) is 0 Å². The number of hydrogen-bond acceptors (Lipinski definition) is 6. The first kappa shape index (κ1) is 15.5. The lowest BCUT2D eigenvalue weighted by molar-refractivity contribution is -0.385. The number of ether oxygens (including phenoxy) is 1. The number of carbonyl (C=O) groups excluding carboxylic acids is 1. The lowest BCUT2D eigenvalue weighted by Gasteiger charge is -2.07. The third-order valence-electron chi connectivity index (χ3n) is 3.39. The molecule has 2 heterocycles. The first-order chi connectivity index (χ1) is 11.6. The van der Waals surface area contributed by atoms with Crippen LogP contribution in [0.5, 0.6) is 0 Å². The monoisotopic (exact) mass is 326 g/mol. The lowest BCUT2D eigenvalue weighted by Crippen LogP contribution is -2.14. The third kappa shape index (κ3) is 3.49. The van der Waals surface area contributed by atoms with Crippen LogP contribution in [0.15, 0.2) is 48.8 Å². The van der Waals surface area contributed by atoms with Gasteiger partial charge in [0.05, 0.1) is 17.0 Å². The highest BCUT2D eigenvalue weighted by atomic mass is 16.6. The average molecular weight is 326 g/mol. The summed E-state index contributed by atoms with van der Waals surface area (Å²) >= 11 is 0. The molecule has 2 aromatic heterocycles. The van der Waals surface area contributed by atoms with Crippen molar-refractivity contribution in [2.45, 2.75) is 0 Å². The number of anilines is 1. The lowest BCUT2D eigenvalue weighted by atomic mass is 10.2. The minimum Gasteiger partial charge on any atom is -0.460 e. The molecular weight excluding hydrogens is 312 g/mol. The molecule has 0 saturated heterocycles. The van der Waals surface area contributed by atoms with E-state index >= 15 is 0 Å². The topological polar surface area (TPSA) is 110 Å². The van der Waals surface area contributed by atoms with Gasteiger partial charge in [0.2, 0.25) is 0 Å². The molecule has 0 radical (unpaired) electrons. The van der Waals surface area contributed by atoms with Gasteiger partial charge in [-0.05, 0) is 29.7 Å². The molecule has 3 rings (SSSR count). The van der Waals surface area contributed by atoms with Gasteiger partial charge in [0.1, 0.15) is 18.6 Å². The average Bonchev–Trinajstić information content (AvgIpc) is 3.06. The number of nitrogens with zero attached hydrogens (tertiary/aromatic N) is 2. The van der Waals surface area contributed by atoms with Crippen molar-refractivity contribution in [3.05, 3.63) is 64.5 Å². The predicted molar refractivity (Wildman–Crippen MR) is 88.0 cm³/mol. The van der Waals surface area contributed by atoms with E-state index in [9.17, 15) is 14.9 Å². The molecule has 8 nitrogen and oxygen atoms in total. The third-order valence-corrected chi connectivity index (χ3v) is 3.39. The molecule has 0 fully saturated rings. The van der Waals surface area contributed by atoms with Crippen LogP contribution in [0.1, 0.15) is 10.4 Å². The van der Waals surface area contributed by atoms with Gasteiger partial charge in [0.25, 0.3) is 5.69 Å². The fourth-order valence-corrected chi connectivity index (χ4v) is 2.18. The van der Waals surface area contributed by atoms with E-state index in [-0.39, 0.29) is 12.3 Å². The largest absolute Gasteiger partial charge is 0.460 e. The molecule has 0 aliphatic rings. The number of nitro groups is 1. The van der Waals surface area contributed by atoms with Gasteiger partial charge in [-0.2, -0.15) is 0 Å². The zero-order valence-corrected chi connectivity index (χ0v) is 12.6. The molecule has 0 aliphatic carbocycles. The molecule has 1 aromatic carbocycles. The summed E-state index contributed by atoms with van der Waals surface area (Å²) in [5.74, 6) is 0.0643. The summed E-state index contributed by atoms with van der Waals surface area (Å²) < 4.78 is 5.19. The van der Waals surface area contributed by atoms with Crippen LogP contribution >= 0.6 is 0 Å². The van der Waals surface area contributed by atoms with Gasteiger partial charge in [-0.25, -0.2) is 9.78 Å². The van der Waals surface area contributed by atoms with E-state index in [1.807, 2.05) is 12.1 Å². The standard InChI is InChI=1S/C16H14N4O4/c21-16(12-2-1-11-5-6-17-14(11)9-12)24-8-7-18-15-4-3-13(10-19-15)20(22)23/h1-6,9-10,17H,7-8H2,(H,18,19).